The highest BCUT2D eigenvalue weighted by Gasteiger charge is 2.14. The van der Waals surface area contributed by atoms with E-state index in [1.807, 2.05) is 32.9 Å². The molecule has 3 aromatic rings. The predicted molar refractivity (Wildman–Crippen MR) is 105 cm³/mol. The second kappa shape index (κ2) is 8.17. The molecule has 28 heavy (non-hydrogen) atoms. The van der Waals surface area contributed by atoms with E-state index in [1.54, 1.807) is 18.2 Å². The maximum Gasteiger partial charge on any atom is 0.338 e. The third-order valence-corrected chi connectivity index (χ3v) is 4.50. The first-order valence-electron chi connectivity index (χ1n) is 8.95. The largest absolute Gasteiger partial charge is 0.493 e. The topological polar surface area (TPSA) is 75.0 Å². The molecule has 0 fully saturated rings. The molecule has 0 amide bonds. The summed E-state index contributed by atoms with van der Waals surface area (Å²) in [6.07, 6.45) is 0. The number of rotatable bonds is 6. The summed E-state index contributed by atoms with van der Waals surface area (Å²) in [5.41, 5.74) is 3.01. The number of esters is 1. The van der Waals surface area contributed by atoms with Gasteiger partial charge in [-0.1, -0.05) is 0 Å². The molecule has 0 aliphatic rings. The van der Waals surface area contributed by atoms with E-state index in [9.17, 15) is 9.59 Å². The van der Waals surface area contributed by atoms with Gasteiger partial charge in [0, 0.05) is 17.0 Å². The van der Waals surface area contributed by atoms with Crippen LogP contribution in [0.4, 0.5) is 0 Å². The van der Waals surface area contributed by atoms with Crippen molar-refractivity contribution in [3.8, 4) is 11.5 Å². The van der Waals surface area contributed by atoms with Crippen LogP contribution < -0.4 is 15.1 Å². The van der Waals surface area contributed by atoms with Crippen LogP contribution in [-0.4, -0.2) is 19.7 Å². The van der Waals surface area contributed by atoms with Gasteiger partial charge in [0.05, 0.1) is 19.3 Å². The summed E-state index contributed by atoms with van der Waals surface area (Å²) >= 11 is 0. The minimum Gasteiger partial charge on any atom is -0.493 e. The molecule has 0 atom stereocenters. The van der Waals surface area contributed by atoms with E-state index in [2.05, 4.69) is 0 Å². The minimum atomic E-state index is -0.520. The van der Waals surface area contributed by atoms with E-state index in [4.69, 9.17) is 18.6 Å². The van der Waals surface area contributed by atoms with E-state index in [0.29, 0.717) is 34.8 Å². The lowest BCUT2D eigenvalue weighted by Gasteiger charge is -2.12. The fourth-order valence-corrected chi connectivity index (χ4v) is 2.90. The minimum absolute atomic E-state index is 0.0422. The third kappa shape index (κ3) is 4.01. The van der Waals surface area contributed by atoms with Crippen LogP contribution in [0.15, 0.2) is 45.6 Å². The van der Waals surface area contributed by atoms with Gasteiger partial charge in [0.25, 0.3) is 0 Å². The lowest BCUT2D eigenvalue weighted by molar-refractivity contribution is 0.0473. The number of aryl methyl sites for hydroxylation is 2. The SMILES string of the molecule is CCOc1cc(C(=O)OCc2cc(=O)oc3cc(C)c(C)cc23)ccc1OC. The number of hydrogen-bond acceptors (Lipinski definition) is 6. The zero-order chi connectivity index (χ0) is 20.3. The Morgan fingerprint density at radius 1 is 1.04 bits per heavy atom. The average molecular weight is 382 g/mol. The van der Waals surface area contributed by atoms with Crippen molar-refractivity contribution in [2.24, 2.45) is 0 Å². The van der Waals surface area contributed by atoms with Gasteiger partial charge in [0.15, 0.2) is 11.5 Å². The van der Waals surface area contributed by atoms with E-state index in [1.165, 1.54) is 13.2 Å². The van der Waals surface area contributed by atoms with Crippen molar-refractivity contribution in [2.75, 3.05) is 13.7 Å². The van der Waals surface area contributed by atoms with Gasteiger partial charge < -0.3 is 18.6 Å². The van der Waals surface area contributed by atoms with Crippen molar-refractivity contribution in [3.05, 3.63) is 69.1 Å². The van der Waals surface area contributed by atoms with Gasteiger partial charge in [-0.05, 0) is 62.2 Å². The Hall–Kier alpha value is -3.28. The Balaban J connectivity index is 1.86. The molecule has 146 valence electrons. The van der Waals surface area contributed by atoms with E-state index >= 15 is 0 Å². The van der Waals surface area contributed by atoms with Crippen LogP contribution in [0.5, 0.6) is 11.5 Å². The molecule has 0 aliphatic heterocycles. The molecule has 0 spiro atoms. The van der Waals surface area contributed by atoms with Gasteiger partial charge in [-0.15, -0.1) is 0 Å². The van der Waals surface area contributed by atoms with Crippen LogP contribution in [0, 0.1) is 13.8 Å². The average Bonchev–Trinajstić information content (AvgIpc) is 2.67. The number of carbonyl (C=O) groups excluding carboxylic acids is 1. The summed E-state index contributed by atoms with van der Waals surface area (Å²) in [5, 5.41) is 0.750. The second-order valence-corrected chi connectivity index (χ2v) is 6.40. The van der Waals surface area contributed by atoms with Crippen LogP contribution >= 0.6 is 0 Å². The molecule has 0 bridgehead atoms. The normalized spacial score (nSPS) is 10.7. The van der Waals surface area contributed by atoms with Crippen molar-refractivity contribution < 1.29 is 23.4 Å². The van der Waals surface area contributed by atoms with Crippen molar-refractivity contribution in [1.82, 2.24) is 0 Å². The molecule has 6 nitrogen and oxygen atoms in total. The predicted octanol–water partition coefficient (Wildman–Crippen LogP) is 4.17. The van der Waals surface area contributed by atoms with Crippen molar-refractivity contribution in [1.29, 1.82) is 0 Å². The Labute approximate surface area is 162 Å². The monoisotopic (exact) mass is 382 g/mol. The quantitative estimate of drug-likeness (QED) is 0.470. The molecular weight excluding hydrogens is 360 g/mol. The zero-order valence-electron chi connectivity index (χ0n) is 16.3. The molecule has 1 heterocycles. The van der Waals surface area contributed by atoms with Crippen LogP contribution in [-0.2, 0) is 11.3 Å². The smallest absolute Gasteiger partial charge is 0.338 e. The number of fused-ring (bicyclic) bond motifs is 1. The van der Waals surface area contributed by atoms with Gasteiger partial charge >= 0.3 is 11.6 Å². The maximum absolute atomic E-state index is 12.5. The maximum atomic E-state index is 12.5. The van der Waals surface area contributed by atoms with Gasteiger partial charge in [0.2, 0.25) is 0 Å². The van der Waals surface area contributed by atoms with Crippen molar-refractivity contribution in [2.45, 2.75) is 27.4 Å². The summed E-state index contributed by atoms with van der Waals surface area (Å²) in [7, 11) is 1.53. The highest BCUT2D eigenvalue weighted by molar-refractivity contribution is 5.90. The van der Waals surface area contributed by atoms with Crippen LogP contribution in [0.2, 0.25) is 0 Å². The fraction of sp³-hybridized carbons (Fsp3) is 0.273. The molecule has 1 aromatic heterocycles. The van der Waals surface area contributed by atoms with Gasteiger partial charge in [-0.3, -0.25) is 0 Å². The van der Waals surface area contributed by atoms with Crippen LogP contribution in [0.3, 0.4) is 0 Å². The molecule has 0 saturated heterocycles. The van der Waals surface area contributed by atoms with E-state index in [0.717, 1.165) is 16.5 Å². The lowest BCUT2D eigenvalue weighted by Crippen LogP contribution is -2.09. The Bertz CT molecular complexity index is 1080. The van der Waals surface area contributed by atoms with Gasteiger partial charge in [-0.2, -0.15) is 0 Å². The molecular formula is C22H22O6. The van der Waals surface area contributed by atoms with Gasteiger partial charge in [0.1, 0.15) is 12.2 Å². The fourth-order valence-electron chi connectivity index (χ4n) is 2.90. The zero-order valence-corrected chi connectivity index (χ0v) is 16.3. The lowest BCUT2D eigenvalue weighted by atomic mass is 10.0. The highest BCUT2D eigenvalue weighted by Crippen LogP contribution is 2.28. The molecule has 3 rings (SSSR count). The number of carbonyl (C=O) groups is 1. The number of benzene rings is 2. The first kappa shape index (κ1) is 19.5. The molecule has 0 N–H and O–H groups in total. The van der Waals surface area contributed by atoms with Crippen LogP contribution in [0.25, 0.3) is 11.0 Å². The number of hydrogen-bond donors (Lipinski definition) is 0. The Morgan fingerprint density at radius 2 is 1.79 bits per heavy atom. The molecule has 0 aliphatic carbocycles. The first-order chi connectivity index (χ1) is 13.4. The molecule has 0 unspecified atom stereocenters. The standard InChI is InChI=1S/C22H22O6/c1-5-26-20-10-15(6-7-18(20)25-4)22(24)27-12-16-11-21(23)28-19-9-14(3)13(2)8-17(16)19/h6-11H,5,12H2,1-4H3. The van der Waals surface area contributed by atoms with Gasteiger partial charge in [-0.25, -0.2) is 9.59 Å². The summed E-state index contributed by atoms with van der Waals surface area (Å²) in [6.45, 7) is 6.17. The van der Waals surface area contributed by atoms with Crippen molar-refractivity contribution in [3.63, 3.8) is 0 Å². The van der Waals surface area contributed by atoms with E-state index in [-0.39, 0.29) is 6.61 Å². The Kier molecular flexibility index (Phi) is 5.68. The molecule has 0 radical (unpaired) electrons. The van der Waals surface area contributed by atoms with E-state index < -0.39 is 11.6 Å². The first-order valence-corrected chi connectivity index (χ1v) is 8.95. The number of methoxy groups -OCH3 is 1. The summed E-state index contributed by atoms with van der Waals surface area (Å²) in [4.78, 5) is 24.4. The number of ether oxygens (including phenoxy) is 3. The molecule has 2 aromatic carbocycles. The summed E-state index contributed by atoms with van der Waals surface area (Å²) < 4.78 is 21.4. The second-order valence-electron chi connectivity index (χ2n) is 6.40. The third-order valence-electron chi connectivity index (χ3n) is 4.50. The van der Waals surface area contributed by atoms with Crippen LogP contribution in [0.1, 0.15) is 34.0 Å². The Morgan fingerprint density at radius 3 is 2.50 bits per heavy atom. The molecule has 6 heteroatoms. The highest BCUT2D eigenvalue weighted by atomic mass is 16.5. The van der Waals surface area contributed by atoms with Crippen molar-refractivity contribution >= 4 is 16.9 Å². The summed E-state index contributed by atoms with van der Waals surface area (Å²) in [5.74, 6) is 0.487. The molecule has 0 saturated carbocycles. The summed E-state index contributed by atoms with van der Waals surface area (Å²) in [6, 6.07) is 9.93.